The normalized spacial score (nSPS) is 18.8. The lowest BCUT2D eigenvalue weighted by atomic mass is 9.98. The van der Waals surface area contributed by atoms with Crippen molar-refractivity contribution in [3.63, 3.8) is 0 Å². The zero-order chi connectivity index (χ0) is 13.5. The molecule has 104 valence electrons. The predicted octanol–water partition coefficient (Wildman–Crippen LogP) is 1.01. The lowest BCUT2D eigenvalue weighted by Gasteiger charge is -2.21. The Balaban J connectivity index is 1.64. The molecule has 1 atom stereocenters. The number of nitrogens with one attached hydrogen (secondary N) is 2. The van der Waals surface area contributed by atoms with Crippen molar-refractivity contribution in [2.45, 2.75) is 19.3 Å². The molecule has 1 fully saturated rings. The molecule has 2 amide bonds. The maximum Gasteiger partial charge on any atom is 0.245 e. The third kappa shape index (κ3) is 4.96. The Morgan fingerprint density at radius 3 is 3.05 bits per heavy atom. The number of ether oxygens (including phenoxy) is 1. The average molecular weight is 283 g/mol. The molecule has 0 aromatic carbocycles. The molecule has 1 aromatic heterocycles. The number of rotatable bonds is 5. The Hall–Kier alpha value is -1.47. The molecule has 1 unspecified atom stereocenters. The smallest absolute Gasteiger partial charge is 0.245 e. The summed E-state index contributed by atoms with van der Waals surface area (Å²) >= 11 is 1.34. The summed E-state index contributed by atoms with van der Waals surface area (Å²) in [6.45, 7) is 1.40. The van der Waals surface area contributed by atoms with Gasteiger partial charge in [0.25, 0.3) is 0 Å². The fraction of sp³-hybridized carbons (Fsp3) is 0.583. The van der Waals surface area contributed by atoms with Crippen LogP contribution in [0.1, 0.15) is 19.3 Å². The summed E-state index contributed by atoms with van der Waals surface area (Å²) in [7, 11) is 0. The van der Waals surface area contributed by atoms with Crippen molar-refractivity contribution in [2.75, 3.05) is 25.1 Å². The lowest BCUT2D eigenvalue weighted by molar-refractivity contribution is -0.125. The summed E-state index contributed by atoms with van der Waals surface area (Å²) < 4.78 is 5.31. The van der Waals surface area contributed by atoms with Crippen LogP contribution in [0.3, 0.4) is 0 Å². The third-order valence-electron chi connectivity index (χ3n) is 2.85. The van der Waals surface area contributed by atoms with Gasteiger partial charge in [-0.3, -0.25) is 9.59 Å². The van der Waals surface area contributed by atoms with E-state index < -0.39 is 0 Å². The lowest BCUT2D eigenvalue weighted by Crippen LogP contribution is -2.34. The van der Waals surface area contributed by atoms with E-state index in [1.54, 1.807) is 11.6 Å². The van der Waals surface area contributed by atoms with Gasteiger partial charge in [-0.1, -0.05) is 0 Å². The van der Waals surface area contributed by atoms with Crippen molar-refractivity contribution in [3.8, 4) is 0 Å². The Labute approximate surface area is 115 Å². The van der Waals surface area contributed by atoms with Crippen LogP contribution >= 0.6 is 11.3 Å². The SMILES string of the molecule is O=C(CC1CCCOC1)NCC(=O)Nc1nccs1. The first-order valence-electron chi connectivity index (χ1n) is 6.28. The maximum absolute atomic E-state index is 11.7. The fourth-order valence-corrected chi connectivity index (χ4v) is 2.48. The molecule has 2 N–H and O–H groups in total. The van der Waals surface area contributed by atoms with Gasteiger partial charge >= 0.3 is 0 Å². The molecule has 0 bridgehead atoms. The van der Waals surface area contributed by atoms with Crippen LogP contribution in [-0.4, -0.2) is 36.6 Å². The maximum atomic E-state index is 11.7. The summed E-state index contributed by atoms with van der Waals surface area (Å²) in [6, 6.07) is 0. The minimum absolute atomic E-state index is 0.0218. The average Bonchev–Trinajstić information content (AvgIpc) is 2.90. The summed E-state index contributed by atoms with van der Waals surface area (Å²) in [5.74, 6) is -0.0937. The van der Waals surface area contributed by atoms with Crippen molar-refractivity contribution in [2.24, 2.45) is 5.92 Å². The minimum Gasteiger partial charge on any atom is -0.381 e. The zero-order valence-electron chi connectivity index (χ0n) is 10.6. The van der Waals surface area contributed by atoms with Crippen LogP contribution in [0.5, 0.6) is 0 Å². The van der Waals surface area contributed by atoms with Crippen molar-refractivity contribution >= 4 is 28.3 Å². The van der Waals surface area contributed by atoms with Gasteiger partial charge in [0.15, 0.2) is 5.13 Å². The summed E-state index contributed by atoms with van der Waals surface area (Å²) in [5, 5.41) is 7.54. The number of nitrogens with zero attached hydrogens (tertiary/aromatic N) is 1. The van der Waals surface area contributed by atoms with Crippen LogP contribution in [-0.2, 0) is 14.3 Å². The van der Waals surface area contributed by atoms with Gasteiger partial charge in [-0.2, -0.15) is 0 Å². The van der Waals surface area contributed by atoms with Crippen molar-refractivity contribution < 1.29 is 14.3 Å². The van der Waals surface area contributed by atoms with Gasteiger partial charge in [0.2, 0.25) is 11.8 Å². The molecular weight excluding hydrogens is 266 g/mol. The van der Waals surface area contributed by atoms with E-state index in [-0.39, 0.29) is 24.3 Å². The molecule has 1 saturated heterocycles. The van der Waals surface area contributed by atoms with E-state index in [1.807, 2.05) is 0 Å². The van der Waals surface area contributed by atoms with E-state index in [9.17, 15) is 9.59 Å². The van der Waals surface area contributed by atoms with Crippen LogP contribution in [0.25, 0.3) is 0 Å². The van der Waals surface area contributed by atoms with Gasteiger partial charge in [0.1, 0.15) is 0 Å². The summed E-state index contributed by atoms with van der Waals surface area (Å²) in [4.78, 5) is 27.1. The topological polar surface area (TPSA) is 80.3 Å². The molecule has 0 aliphatic carbocycles. The Bertz CT molecular complexity index is 416. The zero-order valence-corrected chi connectivity index (χ0v) is 11.4. The second-order valence-corrected chi connectivity index (χ2v) is 5.34. The van der Waals surface area contributed by atoms with Crippen LogP contribution in [0.2, 0.25) is 0 Å². The highest BCUT2D eigenvalue weighted by Crippen LogP contribution is 2.16. The van der Waals surface area contributed by atoms with Gasteiger partial charge in [0.05, 0.1) is 6.54 Å². The first-order chi connectivity index (χ1) is 9.24. The quantitative estimate of drug-likeness (QED) is 0.845. The molecule has 1 aliphatic heterocycles. The van der Waals surface area contributed by atoms with Crippen LogP contribution in [0.15, 0.2) is 11.6 Å². The Morgan fingerprint density at radius 1 is 1.47 bits per heavy atom. The predicted molar refractivity (Wildman–Crippen MR) is 71.9 cm³/mol. The van der Waals surface area contributed by atoms with E-state index in [4.69, 9.17) is 4.74 Å². The number of carbonyl (C=O) groups is 2. The van der Waals surface area contributed by atoms with Gasteiger partial charge in [-0.25, -0.2) is 4.98 Å². The number of aromatic nitrogens is 1. The van der Waals surface area contributed by atoms with E-state index in [0.29, 0.717) is 18.2 Å². The number of hydrogen-bond acceptors (Lipinski definition) is 5. The number of hydrogen-bond donors (Lipinski definition) is 2. The van der Waals surface area contributed by atoms with Crippen LogP contribution < -0.4 is 10.6 Å². The summed E-state index contributed by atoms with van der Waals surface area (Å²) in [5.41, 5.74) is 0. The third-order valence-corrected chi connectivity index (χ3v) is 3.54. The molecular formula is C12H17N3O3S. The highest BCUT2D eigenvalue weighted by molar-refractivity contribution is 7.13. The van der Waals surface area contributed by atoms with E-state index in [1.165, 1.54) is 11.3 Å². The van der Waals surface area contributed by atoms with Gasteiger partial charge in [0, 0.05) is 31.2 Å². The standard InChI is InChI=1S/C12H17N3O3S/c16-10(6-9-2-1-4-18-8-9)14-7-11(17)15-12-13-3-5-19-12/h3,5,9H,1-2,4,6-8H2,(H,14,16)(H,13,15,17). The highest BCUT2D eigenvalue weighted by atomic mass is 32.1. The van der Waals surface area contributed by atoms with E-state index >= 15 is 0 Å². The monoisotopic (exact) mass is 283 g/mol. The van der Waals surface area contributed by atoms with Crippen LogP contribution in [0.4, 0.5) is 5.13 Å². The van der Waals surface area contributed by atoms with Gasteiger partial charge in [-0.15, -0.1) is 11.3 Å². The molecule has 0 radical (unpaired) electrons. The van der Waals surface area contributed by atoms with E-state index in [0.717, 1.165) is 19.4 Å². The molecule has 1 aromatic rings. The highest BCUT2D eigenvalue weighted by Gasteiger charge is 2.17. The first-order valence-corrected chi connectivity index (χ1v) is 7.16. The molecule has 19 heavy (non-hydrogen) atoms. The molecule has 6 nitrogen and oxygen atoms in total. The number of amides is 2. The van der Waals surface area contributed by atoms with Crippen molar-refractivity contribution in [3.05, 3.63) is 11.6 Å². The second-order valence-electron chi connectivity index (χ2n) is 4.45. The van der Waals surface area contributed by atoms with Gasteiger partial charge < -0.3 is 15.4 Å². The Kier molecular flexibility index (Phi) is 5.29. The van der Waals surface area contributed by atoms with E-state index in [2.05, 4.69) is 15.6 Å². The minimum atomic E-state index is -0.261. The van der Waals surface area contributed by atoms with Crippen molar-refractivity contribution in [1.82, 2.24) is 10.3 Å². The fourth-order valence-electron chi connectivity index (χ4n) is 1.93. The summed E-state index contributed by atoms with van der Waals surface area (Å²) in [6.07, 6.45) is 4.05. The number of thiazole rings is 1. The van der Waals surface area contributed by atoms with Crippen molar-refractivity contribution in [1.29, 1.82) is 0 Å². The van der Waals surface area contributed by atoms with Gasteiger partial charge in [-0.05, 0) is 18.8 Å². The largest absolute Gasteiger partial charge is 0.381 e. The molecule has 1 aliphatic rings. The molecule has 0 saturated carbocycles. The first kappa shape index (κ1) is 14.0. The van der Waals surface area contributed by atoms with Crippen LogP contribution in [0, 0.1) is 5.92 Å². The second kappa shape index (κ2) is 7.20. The molecule has 2 rings (SSSR count). The molecule has 0 spiro atoms. The number of anilines is 1. The number of carbonyl (C=O) groups excluding carboxylic acids is 2. The molecule has 2 heterocycles. The molecule has 7 heteroatoms. The Morgan fingerprint density at radius 2 is 2.37 bits per heavy atom.